The summed E-state index contributed by atoms with van der Waals surface area (Å²) in [5.74, 6) is 1.06. The van der Waals surface area contributed by atoms with E-state index in [1.54, 1.807) is 0 Å². The molecule has 0 bridgehead atoms. The average Bonchev–Trinajstić information content (AvgIpc) is 2.69. The molecule has 1 saturated heterocycles. The largest absolute Gasteiger partial charge is 0.493 e. The minimum absolute atomic E-state index is 0.786. The molecule has 2 N–H and O–H groups in total. The molecule has 0 unspecified atom stereocenters. The third-order valence-electron chi connectivity index (χ3n) is 5.28. The fraction of sp³-hybridized carbons (Fsp3) is 0.545. The molecular weight excluding hydrogens is 322 g/mol. The molecule has 142 valence electrons. The molecule has 1 aliphatic rings. The van der Waals surface area contributed by atoms with Gasteiger partial charge in [0.15, 0.2) is 0 Å². The van der Waals surface area contributed by atoms with Gasteiger partial charge in [0.05, 0.1) is 6.61 Å². The molecule has 0 amide bonds. The van der Waals surface area contributed by atoms with Gasteiger partial charge in [-0.15, -0.1) is 0 Å². The van der Waals surface area contributed by atoms with Crippen LogP contribution in [0.5, 0.6) is 5.75 Å². The van der Waals surface area contributed by atoms with Crippen LogP contribution < -0.4 is 10.5 Å². The number of piperazine rings is 1. The zero-order valence-corrected chi connectivity index (χ0v) is 16.1. The Balaban J connectivity index is 1.72. The Hall–Kier alpha value is -1.62. The van der Waals surface area contributed by atoms with Gasteiger partial charge < -0.3 is 15.4 Å². The van der Waals surface area contributed by atoms with Crippen molar-refractivity contribution in [2.24, 2.45) is 5.73 Å². The molecule has 2 aromatic carbocycles. The maximum absolute atomic E-state index is 6.15. The van der Waals surface area contributed by atoms with Crippen LogP contribution in [-0.2, 0) is 6.54 Å². The number of hydrogen-bond acceptors (Lipinski definition) is 4. The van der Waals surface area contributed by atoms with Crippen molar-refractivity contribution in [3.63, 3.8) is 0 Å². The van der Waals surface area contributed by atoms with Crippen molar-refractivity contribution < 1.29 is 4.74 Å². The van der Waals surface area contributed by atoms with E-state index in [0.29, 0.717) is 0 Å². The SMILES string of the molecule is CCCCOc1ccc2ccccc2c1CN1CCN(CCCN)CC1. The van der Waals surface area contributed by atoms with E-state index in [1.807, 2.05) is 0 Å². The lowest BCUT2D eigenvalue weighted by Crippen LogP contribution is -2.46. The van der Waals surface area contributed by atoms with Gasteiger partial charge in [0.1, 0.15) is 5.75 Å². The number of rotatable bonds is 9. The number of fused-ring (bicyclic) bond motifs is 1. The van der Waals surface area contributed by atoms with Crippen LogP contribution in [0.4, 0.5) is 0 Å². The summed E-state index contributed by atoms with van der Waals surface area (Å²) in [6, 6.07) is 13.0. The molecule has 0 aliphatic carbocycles. The molecule has 0 saturated carbocycles. The fourth-order valence-electron chi connectivity index (χ4n) is 3.65. The molecular formula is C22H33N3O. The number of benzene rings is 2. The molecule has 26 heavy (non-hydrogen) atoms. The van der Waals surface area contributed by atoms with Gasteiger partial charge >= 0.3 is 0 Å². The Labute approximate surface area is 157 Å². The monoisotopic (exact) mass is 355 g/mol. The zero-order chi connectivity index (χ0) is 18.2. The second kappa shape index (κ2) is 9.91. The summed E-state index contributed by atoms with van der Waals surface area (Å²) in [7, 11) is 0. The molecule has 1 heterocycles. The minimum Gasteiger partial charge on any atom is -0.493 e. The lowest BCUT2D eigenvalue weighted by molar-refractivity contribution is 0.126. The predicted molar refractivity (Wildman–Crippen MR) is 110 cm³/mol. The molecule has 1 aliphatic heterocycles. The summed E-state index contributed by atoms with van der Waals surface area (Å²) in [5.41, 5.74) is 6.99. The maximum atomic E-state index is 6.15. The van der Waals surface area contributed by atoms with E-state index in [0.717, 1.165) is 77.4 Å². The first-order chi connectivity index (χ1) is 12.8. The van der Waals surface area contributed by atoms with E-state index in [1.165, 1.54) is 16.3 Å². The molecule has 4 heteroatoms. The summed E-state index contributed by atoms with van der Waals surface area (Å²) in [6.45, 7) is 10.4. The highest BCUT2D eigenvalue weighted by atomic mass is 16.5. The van der Waals surface area contributed by atoms with Gasteiger partial charge in [-0.2, -0.15) is 0 Å². The quantitative estimate of drug-likeness (QED) is 0.699. The van der Waals surface area contributed by atoms with Gasteiger partial charge in [-0.1, -0.05) is 43.7 Å². The Morgan fingerprint density at radius 1 is 0.962 bits per heavy atom. The number of hydrogen-bond donors (Lipinski definition) is 1. The van der Waals surface area contributed by atoms with E-state index in [9.17, 15) is 0 Å². The van der Waals surface area contributed by atoms with Gasteiger partial charge in [0, 0.05) is 38.3 Å². The minimum atomic E-state index is 0.786. The van der Waals surface area contributed by atoms with Crippen molar-refractivity contribution in [2.45, 2.75) is 32.7 Å². The van der Waals surface area contributed by atoms with Crippen LogP contribution in [0.2, 0.25) is 0 Å². The van der Waals surface area contributed by atoms with Crippen molar-refractivity contribution in [2.75, 3.05) is 45.9 Å². The molecule has 1 fully saturated rings. The van der Waals surface area contributed by atoms with Crippen LogP contribution in [0, 0.1) is 0 Å². The van der Waals surface area contributed by atoms with Gasteiger partial charge in [-0.3, -0.25) is 4.90 Å². The molecule has 0 radical (unpaired) electrons. The van der Waals surface area contributed by atoms with Gasteiger partial charge in [0.25, 0.3) is 0 Å². The predicted octanol–water partition coefficient (Wildman–Crippen LogP) is 3.49. The van der Waals surface area contributed by atoms with Gasteiger partial charge in [-0.05, 0) is 42.8 Å². The standard InChI is InChI=1S/C22H33N3O/c1-2-3-17-26-22-10-9-19-7-4-5-8-20(19)21(22)18-25-15-13-24(14-16-25)12-6-11-23/h4-5,7-10H,2-3,6,11-18,23H2,1H3. The Bertz CT molecular complexity index is 680. The summed E-state index contributed by atoms with van der Waals surface area (Å²) in [6.07, 6.45) is 3.36. The third-order valence-corrected chi connectivity index (χ3v) is 5.28. The van der Waals surface area contributed by atoms with Crippen LogP contribution in [0.15, 0.2) is 36.4 Å². The fourth-order valence-corrected chi connectivity index (χ4v) is 3.65. The number of nitrogens with two attached hydrogens (primary N) is 1. The van der Waals surface area contributed by atoms with Crippen LogP contribution >= 0.6 is 0 Å². The third kappa shape index (κ3) is 4.97. The summed E-state index contributed by atoms with van der Waals surface area (Å²) < 4.78 is 6.15. The summed E-state index contributed by atoms with van der Waals surface area (Å²) in [4.78, 5) is 5.10. The molecule has 4 nitrogen and oxygen atoms in total. The van der Waals surface area contributed by atoms with Crippen molar-refractivity contribution >= 4 is 10.8 Å². The first kappa shape index (κ1) is 19.2. The van der Waals surface area contributed by atoms with Crippen molar-refractivity contribution in [1.82, 2.24) is 9.80 Å². The highest BCUT2D eigenvalue weighted by Crippen LogP contribution is 2.30. The lowest BCUT2D eigenvalue weighted by Gasteiger charge is -2.35. The Morgan fingerprint density at radius 2 is 1.73 bits per heavy atom. The van der Waals surface area contributed by atoms with Crippen LogP contribution in [-0.4, -0.2) is 55.7 Å². The summed E-state index contributed by atoms with van der Waals surface area (Å²) in [5, 5.41) is 2.62. The van der Waals surface area contributed by atoms with E-state index in [2.05, 4.69) is 53.1 Å². The highest BCUT2D eigenvalue weighted by Gasteiger charge is 2.19. The Kier molecular flexibility index (Phi) is 7.30. The average molecular weight is 356 g/mol. The molecule has 3 rings (SSSR count). The number of nitrogens with zero attached hydrogens (tertiary/aromatic N) is 2. The maximum Gasteiger partial charge on any atom is 0.124 e. The van der Waals surface area contributed by atoms with Crippen molar-refractivity contribution in [1.29, 1.82) is 0 Å². The molecule has 0 aromatic heterocycles. The van der Waals surface area contributed by atoms with Crippen LogP contribution in [0.1, 0.15) is 31.7 Å². The van der Waals surface area contributed by atoms with E-state index in [-0.39, 0.29) is 0 Å². The van der Waals surface area contributed by atoms with Crippen LogP contribution in [0.25, 0.3) is 10.8 Å². The first-order valence-electron chi connectivity index (χ1n) is 10.1. The molecule has 0 spiro atoms. The highest BCUT2D eigenvalue weighted by molar-refractivity contribution is 5.87. The Morgan fingerprint density at radius 3 is 2.50 bits per heavy atom. The number of unbranched alkanes of at least 4 members (excludes halogenated alkanes) is 1. The van der Waals surface area contributed by atoms with E-state index in [4.69, 9.17) is 10.5 Å². The lowest BCUT2D eigenvalue weighted by atomic mass is 10.0. The van der Waals surface area contributed by atoms with Crippen molar-refractivity contribution in [3.05, 3.63) is 42.0 Å². The van der Waals surface area contributed by atoms with E-state index < -0.39 is 0 Å². The van der Waals surface area contributed by atoms with Crippen molar-refractivity contribution in [3.8, 4) is 5.75 Å². The van der Waals surface area contributed by atoms with Gasteiger partial charge in [-0.25, -0.2) is 0 Å². The van der Waals surface area contributed by atoms with Crippen LogP contribution in [0.3, 0.4) is 0 Å². The van der Waals surface area contributed by atoms with Gasteiger partial charge in [0.2, 0.25) is 0 Å². The second-order valence-electron chi connectivity index (χ2n) is 7.23. The number of ether oxygens (including phenoxy) is 1. The van der Waals surface area contributed by atoms with E-state index >= 15 is 0 Å². The first-order valence-corrected chi connectivity index (χ1v) is 10.1. The molecule has 2 aromatic rings. The smallest absolute Gasteiger partial charge is 0.124 e. The summed E-state index contributed by atoms with van der Waals surface area (Å²) >= 11 is 0. The zero-order valence-electron chi connectivity index (χ0n) is 16.1. The second-order valence-corrected chi connectivity index (χ2v) is 7.23. The molecule has 0 atom stereocenters. The normalized spacial score (nSPS) is 16.2. The topological polar surface area (TPSA) is 41.7 Å².